The van der Waals surface area contributed by atoms with Gasteiger partial charge < -0.3 is 10.4 Å². The van der Waals surface area contributed by atoms with Gasteiger partial charge in [0, 0.05) is 23.2 Å². The van der Waals surface area contributed by atoms with Crippen molar-refractivity contribution in [3.63, 3.8) is 0 Å². The number of thiazole rings is 1. The maximum absolute atomic E-state index is 10.5. The van der Waals surface area contributed by atoms with Crippen LogP contribution < -0.4 is 5.32 Å². The summed E-state index contributed by atoms with van der Waals surface area (Å²) in [7, 11) is 0. The van der Waals surface area contributed by atoms with Gasteiger partial charge in [-0.3, -0.25) is 0 Å². The minimum absolute atomic E-state index is 0.0554. The molecule has 0 bridgehead atoms. The molecule has 0 amide bonds. The maximum Gasteiger partial charge on any atom is 0.332 e. The molecule has 1 rings (SSSR count). The van der Waals surface area contributed by atoms with Crippen molar-refractivity contribution in [1.29, 1.82) is 0 Å². The number of hydrogen-bond donors (Lipinski definition) is 2. The van der Waals surface area contributed by atoms with Crippen molar-refractivity contribution in [2.45, 2.75) is 19.9 Å². The molecular weight excluding hydrogens is 212 g/mol. The molecule has 4 nitrogen and oxygen atoms in total. The van der Waals surface area contributed by atoms with Crippen molar-refractivity contribution in [1.82, 2.24) is 10.3 Å². The van der Waals surface area contributed by atoms with E-state index in [4.69, 9.17) is 5.11 Å². The summed E-state index contributed by atoms with van der Waals surface area (Å²) in [6, 6.07) is 0.0554. The average molecular weight is 226 g/mol. The van der Waals surface area contributed by atoms with Crippen LogP contribution >= 0.6 is 11.3 Å². The molecule has 0 saturated heterocycles. The number of nitrogens with zero attached hydrogens (tertiary/aromatic N) is 1. The van der Waals surface area contributed by atoms with E-state index >= 15 is 0 Å². The standard InChI is InChI=1S/C10H14N2O2S/c1-6(10(13)14)4-11-8(3)9-12-5-7(2)15-9/h5,8,11H,1,4H2,2-3H3,(H,13,14). The van der Waals surface area contributed by atoms with Crippen LogP contribution in [0.5, 0.6) is 0 Å². The molecule has 0 aliphatic rings. The second kappa shape index (κ2) is 5.04. The SMILES string of the molecule is C=C(CNC(C)c1ncc(C)s1)C(=O)O. The van der Waals surface area contributed by atoms with Crippen LogP contribution in [-0.2, 0) is 4.79 Å². The summed E-state index contributed by atoms with van der Waals surface area (Å²) in [5, 5.41) is 12.6. The lowest BCUT2D eigenvalue weighted by atomic mass is 10.3. The third-order valence-electron chi connectivity index (χ3n) is 1.93. The number of nitrogens with one attached hydrogen (secondary N) is 1. The quantitative estimate of drug-likeness (QED) is 0.751. The molecule has 0 spiro atoms. The van der Waals surface area contributed by atoms with Gasteiger partial charge in [-0.1, -0.05) is 6.58 Å². The third kappa shape index (κ3) is 3.45. The molecule has 0 aromatic carbocycles. The molecule has 1 heterocycles. The molecule has 1 aromatic heterocycles. The summed E-state index contributed by atoms with van der Waals surface area (Å²) in [5.74, 6) is -0.968. The molecule has 0 fully saturated rings. The van der Waals surface area contributed by atoms with E-state index < -0.39 is 5.97 Å². The molecule has 5 heteroatoms. The van der Waals surface area contributed by atoms with Gasteiger partial charge in [0.15, 0.2) is 0 Å². The number of aromatic nitrogens is 1. The summed E-state index contributed by atoms with van der Waals surface area (Å²) in [4.78, 5) is 15.9. The van der Waals surface area contributed by atoms with E-state index in [0.29, 0.717) is 0 Å². The van der Waals surface area contributed by atoms with Crippen LogP contribution in [-0.4, -0.2) is 22.6 Å². The number of rotatable bonds is 5. The lowest BCUT2D eigenvalue weighted by Crippen LogP contribution is -2.23. The lowest BCUT2D eigenvalue weighted by Gasteiger charge is -2.10. The summed E-state index contributed by atoms with van der Waals surface area (Å²) in [6.07, 6.45) is 1.81. The third-order valence-corrected chi connectivity index (χ3v) is 3.03. The molecule has 1 unspecified atom stereocenters. The predicted octanol–water partition coefficient (Wildman–Crippen LogP) is 1.74. The highest BCUT2D eigenvalue weighted by Gasteiger charge is 2.10. The van der Waals surface area contributed by atoms with Crippen molar-refractivity contribution >= 4 is 17.3 Å². The topological polar surface area (TPSA) is 62.2 Å². The first-order valence-electron chi connectivity index (χ1n) is 4.57. The van der Waals surface area contributed by atoms with E-state index in [1.165, 1.54) is 0 Å². The molecular formula is C10H14N2O2S. The highest BCUT2D eigenvalue weighted by Crippen LogP contribution is 2.18. The Kier molecular flexibility index (Phi) is 3.99. The minimum Gasteiger partial charge on any atom is -0.478 e. The first kappa shape index (κ1) is 11.9. The van der Waals surface area contributed by atoms with Crippen molar-refractivity contribution in [2.75, 3.05) is 6.54 Å². The number of hydrogen-bond acceptors (Lipinski definition) is 4. The molecule has 0 aliphatic carbocycles. The Hall–Kier alpha value is -1.20. The normalized spacial score (nSPS) is 12.4. The second-order valence-electron chi connectivity index (χ2n) is 3.32. The van der Waals surface area contributed by atoms with Gasteiger partial charge in [-0.25, -0.2) is 9.78 Å². The van der Waals surface area contributed by atoms with E-state index in [0.717, 1.165) is 9.88 Å². The molecule has 1 atom stereocenters. The van der Waals surface area contributed by atoms with Gasteiger partial charge in [0.1, 0.15) is 5.01 Å². The molecule has 0 aliphatic heterocycles. The average Bonchev–Trinajstić information content (AvgIpc) is 2.60. The minimum atomic E-state index is -0.968. The smallest absolute Gasteiger partial charge is 0.332 e. The van der Waals surface area contributed by atoms with Crippen molar-refractivity contribution in [2.24, 2.45) is 0 Å². The monoisotopic (exact) mass is 226 g/mol. The van der Waals surface area contributed by atoms with Crippen LogP contribution in [0.1, 0.15) is 22.9 Å². The number of carboxylic acids is 1. The van der Waals surface area contributed by atoms with Crippen molar-refractivity contribution in [3.05, 3.63) is 28.2 Å². The van der Waals surface area contributed by atoms with Crippen LogP contribution in [0.2, 0.25) is 0 Å². The Morgan fingerprint density at radius 2 is 2.47 bits per heavy atom. The molecule has 15 heavy (non-hydrogen) atoms. The fourth-order valence-electron chi connectivity index (χ4n) is 1.01. The number of aryl methyl sites for hydroxylation is 1. The van der Waals surface area contributed by atoms with Crippen LogP contribution in [0, 0.1) is 6.92 Å². The lowest BCUT2D eigenvalue weighted by molar-refractivity contribution is -0.132. The molecule has 1 aromatic rings. The molecule has 0 saturated carbocycles. The Bertz CT molecular complexity index is 373. The van der Waals surface area contributed by atoms with Crippen LogP contribution in [0.4, 0.5) is 0 Å². The molecule has 0 radical (unpaired) electrons. The van der Waals surface area contributed by atoms with Crippen LogP contribution in [0.15, 0.2) is 18.3 Å². The van der Waals surface area contributed by atoms with Gasteiger partial charge in [0.2, 0.25) is 0 Å². The van der Waals surface area contributed by atoms with Crippen molar-refractivity contribution < 1.29 is 9.90 Å². The summed E-state index contributed by atoms with van der Waals surface area (Å²) < 4.78 is 0. The number of carboxylic acid groups (broad SMARTS) is 1. The van der Waals surface area contributed by atoms with Gasteiger partial charge in [-0.2, -0.15) is 0 Å². The Morgan fingerprint density at radius 1 is 1.80 bits per heavy atom. The van der Waals surface area contributed by atoms with Crippen LogP contribution in [0.25, 0.3) is 0 Å². The first-order chi connectivity index (χ1) is 7.00. The van der Waals surface area contributed by atoms with Gasteiger partial charge in [0.25, 0.3) is 0 Å². The van der Waals surface area contributed by atoms with Gasteiger partial charge in [-0.15, -0.1) is 11.3 Å². The molecule has 82 valence electrons. The van der Waals surface area contributed by atoms with E-state index in [1.807, 2.05) is 20.0 Å². The summed E-state index contributed by atoms with van der Waals surface area (Å²) in [6.45, 7) is 7.66. The summed E-state index contributed by atoms with van der Waals surface area (Å²) >= 11 is 1.61. The highest BCUT2D eigenvalue weighted by atomic mass is 32.1. The van der Waals surface area contributed by atoms with Gasteiger partial charge >= 0.3 is 5.97 Å². The second-order valence-corrected chi connectivity index (χ2v) is 4.59. The van der Waals surface area contributed by atoms with E-state index in [9.17, 15) is 4.79 Å². The Morgan fingerprint density at radius 3 is 2.93 bits per heavy atom. The zero-order chi connectivity index (χ0) is 11.4. The Balaban J connectivity index is 2.46. The summed E-state index contributed by atoms with van der Waals surface area (Å²) in [5.41, 5.74) is 0.162. The van der Waals surface area contributed by atoms with E-state index in [1.54, 1.807) is 11.3 Å². The molecule has 2 N–H and O–H groups in total. The van der Waals surface area contributed by atoms with E-state index in [2.05, 4.69) is 16.9 Å². The Labute approximate surface area is 92.7 Å². The van der Waals surface area contributed by atoms with E-state index in [-0.39, 0.29) is 18.2 Å². The fourth-order valence-corrected chi connectivity index (χ4v) is 1.81. The predicted molar refractivity (Wildman–Crippen MR) is 60.0 cm³/mol. The highest BCUT2D eigenvalue weighted by molar-refractivity contribution is 7.11. The zero-order valence-corrected chi connectivity index (χ0v) is 9.60. The number of carbonyl (C=O) groups is 1. The van der Waals surface area contributed by atoms with Crippen molar-refractivity contribution in [3.8, 4) is 0 Å². The van der Waals surface area contributed by atoms with Crippen LogP contribution in [0.3, 0.4) is 0 Å². The number of aliphatic carboxylic acids is 1. The first-order valence-corrected chi connectivity index (χ1v) is 5.39. The largest absolute Gasteiger partial charge is 0.478 e. The fraction of sp³-hybridized carbons (Fsp3) is 0.400. The zero-order valence-electron chi connectivity index (χ0n) is 8.78. The maximum atomic E-state index is 10.5. The van der Waals surface area contributed by atoms with Gasteiger partial charge in [0.05, 0.1) is 6.04 Å². The van der Waals surface area contributed by atoms with Gasteiger partial charge in [-0.05, 0) is 13.8 Å².